The van der Waals surface area contributed by atoms with Gasteiger partial charge in [-0.3, -0.25) is 0 Å². The SMILES string of the molecule is CC(C)c1c(CNC2CC2)sc2c(Cl)cccc12. The summed E-state index contributed by atoms with van der Waals surface area (Å²) in [7, 11) is 0. The molecular formula is C15H18ClNS. The zero-order valence-corrected chi connectivity index (χ0v) is 12.4. The van der Waals surface area contributed by atoms with Gasteiger partial charge < -0.3 is 5.32 Å². The first-order chi connectivity index (χ1) is 8.66. The van der Waals surface area contributed by atoms with E-state index in [2.05, 4.69) is 31.3 Å². The van der Waals surface area contributed by atoms with Crippen molar-refractivity contribution in [3.63, 3.8) is 0 Å². The average Bonchev–Trinajstić information content (AvgIpc) is 3.06. The van der Waals surface area contributed by atoms with Crippen LogP contribution in [0.1, 0.15) is 43.0 Å². The summed E-state index contributed by atoms with van der Waals surface area (Å²) >= 11 is 8.17. The monoisotopic (exact) mass is 279 g/mol. The Bertz CT molecular complexity index is 569. The summed E-state index contributed by atoms with van der Waals surface area (Å²) in [6.07, 6.45) is 2.67. The predicted octanol–water partition coefficient (Wildman–Crippen LogP) is 4.93. The van der Waals surface area contributed by atoms with Crippen molar-refractivity contribution in [2.45, 2.75) is 45.2 Å². The molecule has 0 bridgehead atoms. The molecule has 0 aliphatic heterocycles. The van der Waals surface area contributed by atoms with E-state index in [9.17, 15) is 0 Å². The van der Waals surface area contributed by atoms with E-state index in [0.717, 1.165) is 17.6 Å². The topological polar surface area (TPSA) is 12.0 Å². The Hall–Kier alpha value is -0.570. The van der Waals surface area contributed by atoms with E-state index in [1.807, 2.05) is 17.4 Å². The van der Waals surface area contributed by atoms with Crippen molar-refractivity contribution in [2.75, 3.05) is 0 Å². The van der Waals surface area contributed by atoms with Crippen molar-refractivity contribution in [1.29, 1.82) is 0 Å². The first kappa shape index (κ1) is 12.5. The lowest BCUT2D eigenvalue weighted by molar-refractivity contribution is 0.686. The van der Waals surface area contributed by atoms with Crippen LogP contribution in [0.3, 0.4) is 0 Å². The Kier molecular flexibility index (Phi) is 3.35. The van der Waals surface area contributed by atoms with Crippen molar-refractivity contribution >= 4 is 33.0 Å². The van der Waals surface area contributed by atoms with Gasteiger partial charge in [0.05, 0.1) is 9.72 Å². The highest BCUT2D eigenvalue weighted by atomic mass is 35.5. The molecule has 2 aromatic rings. The molecule has 1 heterocycles. The highest BCUT2D eigenvalue weighted by molar-refractivity contribution is 7.20. The third kappa shape index (κ3) is 2.29. The minimum Gasteiger partial charge on any atom is -0.309 e. The number of fused-ring (bicyclic) bond motifs is 1. The van der Waals surface area contributed by atoms with Crippen LogP contribution < -0.4 is 5.32 Å². The number of halogens is 1. The molecule has 1 fully saturated rings. The summed E-state index contributed by atoms with van der Waals surface area (Å²) < 4.78 is 1.25. The number of benzene rings is 1. The molecule has 96 valence electrons. The summed E-state index contributed by atoms with van der Waals surface area (Å²) in [5.74, 6) is 0.549. The quantitative estimate of drug-likeness (QED) is 0.837. The molecule has 1 nitrogen and oxygen atoms in total. The molecule has 3 heteroatoms. The Labute approximate surface area is 117 Å². The van der Waals surface area contributed by atoms with Gasteiger partial charge >= 0.3 is 0 Å². The first-order valence-electron chi connectivity index (χ1n) is 6.60. The van der Waals surface area contributed by atoms with E-state index in [-0.39, 0.29) is 0 Å². The molecule has 0 unspecified atom stereocenters. The first-order valence-corrected chi connectivity index (χ1v) is 7.79. The molecule has 0 atom stereocenters. The molecule has 1 aromatic heterocycles. The third-order valence-electron chi connectivity index (χ3n) is 3.49. The second-order valence-corrected chi connectivity index (χ2v) is 6.88. The van der Waals surface area contributed by atoms with Gasteiger partial charge in [-0.1, -0.05) is 37.6 Å². The standard InChI is InChI=1S/C15H18ClNS/c1-9(2)14-11-4-3-5-12(16)15(11)18-13(14)8-17-10-6-7-10/h3-5,9-10,17H,6-8H2,1-2H3. The van der Waals surface area contributed by atoms with Gasteiger partial charge in [-0.25, -0.2) is 0 Å². The molecule has 0 spiro atoms. The molecule has 18 heavy (non-hydrogen) atoms. The smallest absolute Gasteiger partial charge is 0.0584 e. The van der Waals surface area contributed by atoms with Crippen molar-refractivity contribution in [2.24, 2.45) is 0 Å². The van der Waals surface area contributed by atoms with E-state index in [4.69, 9.17) is 11.6 Å². The zero-order chi connectivity index (χ0) is 12.7. The van der Waals surface area contributed by atoms with Crippen molar-refractivity contribution in [1.82, 2.24) is 5.32 Å². The van der Waals surface area contributed by atoms with Crippen LogP contribution in [-0.4, -0.2) is 6.04 Å². The largest absolute Gasteiger partial charge is 0.309 e. The summed E-state index contributed by atoms with van der Waals surface area (Å²) in [6.45, 7) is 5.53. The summed E-state index contributed by atoms with van der Waals surface area (Å²) in [5.41, 5.74) is 1.48. The van der Waals surface area contributed by atoms with E-state index in [1.54, 1.807) is 0 Å². The van der Waals surface area contributed by atoms with Crippen LogP contribution in [0.15, 0.2) is 18.2 Å². The number of hydrogen-bond acceptors (Lipinski definition) is 2. The lowest BCUT2D eigenvalue weighted by Crippen LogP contribution is -2.15. The normalized spacial score (nSPS) is 15.8. The van der Waals surface area contributed by atoms with Crippen molar-refractivity contribution in [3.05, 3.63) is 33.7 Å². The molecule has 0 amide bonds. The maximum absolute atomic E-state index is 6.31. The minimum atomic E-state index is 0.549. The fourth-order valence-corrected chi connectivity index (χ4v) is 4.04. The summed E-state index contributed by atoms with van der Waals surface area (Å²) in [5, 5.41) is 5.84. The second-order valence-electron chi connectivity index (χ2n) is 5.37. The molecule has 3 rings (SSSR count). The highest BCUT2D eigenvalue weighted by Crippen LogP contribution is 2.39. The van der Waals surface area contributed by atoms with Crippen LogP contribution in [0.25, 0.3) is 10.1 Å². The Morgan fingerprint density at radius 2 is 2.17 bits per heavy atom. The minimum absolute atomic E-state index is 0.549. The van der Waals surface area contributed by atoms with Gasteiger partial charge in [0.1, 0.15) is 0 Å². The molecule has 0 saturated heterocycles. The van der Waals surface area contributed by atoms with E-state index < -0.39 is 0 Å². The second kappa shape index (κ2) is 4.84. The van der Waals surface area contributed by atoms with Crippen LogP contribution in [-0.2, 0) is 6.54 Å². The van der Waals surface area contributed by atoms with Gasteiger partial charge in [-0.2, -0.15) is 0 Å². The maximum atomic E-state index is 6.31. The maximum Gasteiger partial charge on any atom is 0.0584 e. The summed E-state index contributed by atoms with van der Waals surface area (Å²) in [4.78, 5) is 1.46. The average molecular weight is 280 g/mol. The van der Waals surface area contributed by atoms with Crippen LogP contribution in [0.2, 0.25) is 5.02 Å². The molecule has 1 saturated carbocycles. The summed E-state index contributed by atoms with van der Waals surface area (Å²) in [6, 6.07) is 7.00. The Morgan fingerprint density at radius 3 is 2.83 bits per heavy atom. The molecule has 1 aromatic carbocycles. The highest BCUT2D eigenvalue weighted by Gasteiger charge is 2.22. The van der Waals surface area contributed by atoms with Gasteiger partial charge in [-0.05, 0) is 35.8 Å². The van der Waals surface area contributed by atoms with Gasteiger partial charge in [0, 0.05) is 17.5 Å². The van der Waals surface area contributed by atoms with Crippen LogP contribution in [0.4, 0.5) is 0 Å². The van der Waals surface area contributed by atoms with E-state index in [1.165, 1.54) is 33.4 Å². The number of hydrogen-bond donors (Lipinski definition) is 1. The molecular weight excluding hydrogens is 262 g/mol. The number of rotatable bonds is 4. The van der Waals surface area contributed by atoms with Crippen molar-refractivity contribution < 1.29 is 0 Å². The van der Waals surface area contributed by atoms with Gasteiger partial charge in [0.25, 0.3) is 0 Å². The van der Waals surface area contributed by atoms with E-state index in [0.29, 0.717) is 5.92 Å². The molecule has 0 radical (unpaired) electrons. The lowest BCUT2D eigenvalue weighted by atomic mass is 9.99. The van der Waals surface area contributed by atoms with Crippen LogP contribution in [0.5, 0.6) is 0 Å². The number of thiophene rings is 1. The molecule has 1 N–H and O–H groups in total. The van der Waals surface area contributed by atoms with E-state index >= 15 is 0 Å². The van der Waals surface area contributed by atoms with Gasteiger partial charge in [0.15, 0.2) is 0 Å². The van der Waals surface area contributed by atoms with Gasteiger partial charge in [-0.15, -0.1) is 11.3 Å². The molecule has 1 aliphatic rings. The Balaban J connectivity index is 2.04. The fraction of sp³-hybridized carbons (Fsp3) is 0.467. The van der Waals surface area contributed by atoms with Crippen LogP contribution in [0, 0.1) is 0 Å². The lowest BCUT2D eigenvalue weighted by Gasteiger charge is -2.09. The van der Waals surface area contributed by atoms with Crippen LogP contribution >= 0.6 is 22.9 Å². The predicted molar refractivity (Wildman–Crippen MR) is 80.8 cm³/mol. The third-order valence-corrected chi connectivity index (χ3v) is 5.17. The van der Waals surface area contributed by atoms with Gasteiger partial charge in [0.2, 0.25) is 0 Å². The molecule has 1 aliphatic carbocycles. The fourth-order valence-electron chi connectivity index (χ4n) is 2.44. The zero-order valence-electron chi connectivity index (χ0n) is 10.8. The number of nitrogens with one attached hydrogen (secondary N) is 1. The Morgan fingerprint density at radius 1 is 1.39 bits per heavy atom. The van der Waals surface area contributed by atoms with Crippen molar-refractivity contribution in [3.8, 4) is 0 Å².